The van der Waals surface area contributed by atoms with Gasteiger partial charge in [-0.2, -0.15) is 0 Å². The molecular formula is C25H36N8O7. The Labute approximate surface area is 230 Å². The lowest BCUT2D eigenvalue weighted by Gasteiger charge is -2.38. The maximum Gasteiger partial charge on any atom is 0.411 e. The summed E-state index contributed by atoms with van der Waals surface area (Å²) >= 11 is 0. The van der Waals surface area contributed by atoms with E-state index in [-0.39, 0.29) is 24.2 Å². The number of rotatable bonds is 8. The van der Waals surface area contributed by atoms with Gasteiger partial charge in [-0.1, -0.05) is 0 Å². The molecule has 0 aliphatic carbocycles. The van der Waals surface area contributed by atoms with Gasteiger partial charge in [0.1, 0.15) is 23.5 Å². The number of nitrogen functional groups attached to an aromatic ring is 1. The summed E-state index contributed by atoms with van der Waals surface area (Å²) in [7, 11) is 1.62. The second-order valence-corrected chi connectivity index (χ2v) is 10.5. The summed E-state index contributed by atoms with van der Waals surface area (Å²) in [5.41, 5.74) is 6.84. The van der Waals surface area contributed by atoms with E-state index in [2.05, 4.69) is 20.3 Å². The van der Waals surface area contributed by atoms with Gasteiger partial charge in [-0.15, -0.1) is 0 Å². The van der Waals surface area contributed by atoms with Crippen LogP contribution in [0.3, 0.4) is 0 Å². The molecule has 3 amide bonds. The molecule has 0 bridgehead atoms. The topological polar surface area (TPSA) is 198 Å². The van der Waals surface area contributed by atoms with Crippen LogP contribution in [0.2, 0.25) is 0 Å². The number of carbonyl (C=O) groups excluding carboxylic acids is 3. The van der Waals surface area contributed by atoms with Gasteiger partial charge in [-0.3, -0.25) is 14.2 Å². The van der Waals surface area contributed by atoms with Crippen LogP contribution in [0.5, 0.6) is 0 Å². The Kier molecular flexibility index (Phi) is 8.05. The van der Waals surface area contributed by atoms with E-state index >= 15 is 0 Å². The summed E-state index contributed by atoms with van der Waals surface area (Å²) < 4.78 is 12.6. The van der Waals surface area contributed by atoms with Gasteiger partial charge in [0.25, 0.3) is 5.91 Å². The van der Waals surface area contributed by atoms with Gasteiger partial charge in [-0.25, -0.2) is 19.7 Å². The summed E-state index contributed by atoms with van der Waals surface area (Å²) in [5, 5.41) is 23.6. The van der Waals surface area contributed by atoms with Crippen molar-refractivity contribution in [3.05, 3.63) is 12.2 Å². The molecule has 0 saturated carbocycles. The van der Waals surface area contributed by atoms with Crippen LogP contribution in [0.4, 0.5) is 10.6 Å². The summed E-state index contributed by atoms with van der Waals surface area (Å²) in [6, 6.07) is 0. The van der Waals surface area contributed by atoms with E-state index in [1.54, 1.807) is 18.9 Å². The Morgan fingerprint density at radius 3 is 2.65 bits per heavy atom. The minimum atomic E-state index is -1.41. The number of aromatic nitrogens is 4. The van der Waals surface area contributed by atoms with Crippen molar-refractivity contribution in [3.8, 4) is 0 Å². The maximum absolute atomic E-state index is 12.4. The van der Waals surface area contributed by atoms with Crippen molar-refractivity contribution in [1.82, 2.24) is 34.6 Å². The molecule has 3 aliphatic rings. The first kappa shape index (κ1) is 28.0. The number of anilines is 1. The largest absolute Gasteiger partial charge is 0.425 e. The molecule has 2 aromatic heterocycles. The normalized spacial score (nSPS) is 27.2. The number of imidazole rings is 1. The van der Waals surface area contributed by atoms with Gasteiger partial charge in [0.2, 0.25) is 5.91 Å². The Balaban J connectivity index is 1.15. The number of aliphatic hydroxyl groups excluding tert-OH is 2. The van der Waals surface area contributed by atoms with Crippen molar-refractivity contribution in [2.45, 2.75) is 76.2 Å². The number of ether oxygens (including phenoxy) is 2. The maximum atomic E-state index is 12.4. The van der Waals surface area contributed by atoms with Crippen molar-refractivity contribution in [2.75, 3.05) is 32.4 Å². The molecule has 5 rings (SSSR count). The number of piperidine rings is 1. The van der Waals surface area contributed by atoms with Crippen molar-refractivity contribution >= 4 is 34.9 Å². The van der Waals surface area contributed by atoms with E-state index in [0.29, 0.717) is 49.0 Å². The van der Waals surface area contributed by atoms with Gasteiger partial charge in [-0.05, 0) is 38.5 Å². The van der Waals surface area contributed by atoms with E-state index in [1.165, 1.54) is 15.8 Å². The predicted molar refractivity (Wildman–Crippen MR) is 139 cm³/mol. The number of likely N-dealkylation sites (N-methyl/N-ethyl adjacent to an activating group) is 1. The first-order chi connectivity index (χ1) is 19.2. The van der Waals surface area contributed by atoms with Crippen LogP contribution >= 0.6 is 0 Å². The van der Waals surface area contributed by atoms with Crippen molar-refractivity contribution in [3.63, 3.8) is 0 Å². The number of nitrogens with one attached hydrogen (secondary N) is 1. The second kappa shape index (κ2) is 11.5. The fraction of sp³-hybridized carbons (Fsp3) is 0.680. The zero-order chi connectivity index (χ0) is 28.6. The molecule has 3 fully saturated rings. The molecule has 15 nitrogen and oxygen atoms in total. The highest BCUT2D eigenvalue weighted by molar-refractivity contribution is 5.84. The lowest BCUT2D eigenvalue weighted by molar-refractivity contribution is -0.161. The standard InChI is InChI=1S/C25H36N8O7/c1-3-27-23(37)20-18(35)19(36)24(40-20)33-12-28-17-21(26)29-14(30-22(17)33)6-4-5-13-7-9-32(10-8-13)25(38)39-16-11-15(34)31(16)2/h12-13,16,18-20,24,35-36H,3-11H2,1-2H3,(H,27,37)(H2,26,29,30)/t16?,18-,19?,20+,24-/m1/s1. The number of hydrogen-bond acceptors (Lipinski definition) is 11. The summed E-state index contributed by atoms with van der Waals surface area (Å²) in [5.74, 6) is 0.608. The summed E-state index contributed by atoms with van der Waals surface area (Å²) in [6.07, 6.45) is -0.271. The smallest absolute Gasteiger partial charge is 0.411 e. The number of nitrogens with zero attached hydrogens (tertiary/aromatic N) is 6. The van der Waals surface area contributed by atoms with Gasteiger partial charge >= 0.3 is 6.09 Å². The minimum Gasteiger partial charge on any atom is -0.425 e. The zero-order valence-corrected chi connectivity index (χ0v) is 22.6. The van der Waals surface area contributed by atoms with Crippen LogP contribution in [0.25, 0.3) is 11.2 Å². The second-order valence-electron chi connectivity index (χ2n) is 10.5. The van der Waals surface area contributed by atoms with E-state index in [9.17, 15) is 24.6 Å². The van der Waals surface area contributed by atoms with Crippen LogP contribution in [0.1, 0.15) is 51.1 Å². The summed E-state index contributed by atoms with van der Waals surface area (Å²) in [6.45, 7) is 3.32. The third-order valence-electron chi connectivity index (χ3n) is 7.91. The molecule has 2 aromatic rings. The zero-order valence-electron chi connectivity index (χ0n) is 22.6. The molecule has 5 N–H and O–H groups in total. The molecule has 0 aromatic carbocycles. The number of amides is 3. The number of aliphatic hydroxyl groups is 2. The van der Waals surface area contributed by atoms with Crippen LogP contribution in [0.15, 0.2) is 6.33 Å². The fourth-order valence-electron chi connectivity index (χ4n) is 5.41. The van der Waals surface area contributed by atoms with Crippen LogP contribution in [-0.2, 0) is 25.5 Å². The van der Waals surface area contributed by atoms with E-state index in [4.69, 9.17) is 15.2 Å². The minimum absolute atomic E-state index is 0.0285. The number of hydrogen-bond donors (Lipinski definition) is 4. The highest BCUT2D eigenvalue weighted by atomic mass is 16.6. The molecule has 3 aliphatic heterocycles. The lowest BCUT2D eigenvalue weighted by Crippen LogP contribution is -2.54. The van der Waals surface area contributed by atoms with Gasteiger partial charge in [0, 0.05) is 33.1 Å². The number of carbonyl (C=O) groups is 3. The quantitative estimate of drug-likeness (QED) is 0.304. The molecule has 3 saturated heterocycles. The first-order valence-electron chi connectivity index (χ1n) is 13.7. The molecular weight excluding hydrogens is 524 g/mol. The number of likely N-dealkylation sites (tertiary alicyclic amines) is 2. The highest BCUT2D eigenvalue weighted by Crippen LogP contribution is 2.32. The Hall–Kier alpha value is -3.56. The molecule has 0 spiro atoms. The Morgan fingerprint density at radius 2 is 1.98 bits per heavy atom. The average molecular weight is 561 g/mol. The molecule has 0 radical (unpaired) electrons. The molecule has 40 heavy (non-hydrogen) atoms. The van der Waals surface area contributed by atoms with Gasteiger partial charge < -0.3 is 40.5 Å². The first-order valence-corrected chi connectivity index (χ1v) is 13.7. The number of nitrogens with two attached hydrogens (primary N) is 1. The van der Waals surface area contributed by atoms with Crippen LogP contribution < -0.4 is 11.1 Å². The highest BCUT2D eigenvalue weighted by Gasteiger charge is 2.47. The van der Waals surface area contributed by atoms with Crippen LogP contribution in [-0.4, -0.2) is 109 Å². The van der Waals surface area contributed by atoms with Crippen molar-refractivity contribution in [1.29, 1.82) is 0 Å². The van der Waals surface area contributed by atoms with Gasteiger partial charge in [0.15, 0.2) is 30.0 Å². The van der Waals surface area contributed by atoms with E-state index in [0.717, 1.165) is 25.7 Å². The number of β-lactam (4-membered cyclic amide) rings is 1. The molecule has 218 valence electrons. The van der Waals surface area contributed by atoms with Crippen molar-refractivity contribution < 1.29 is 34.1 Å². The Bertz CT molecular complexity index is 1260. The van der Waals surface area contributed by atoms with Crippen LogP contribution in [0, 0.1) is 5.92 Å². The SMILES string of the molecule is CCNC(=O)[C@H]1O[C@@H](n2cnc3c(N)nc(CCCC4CCN(C(=O)OC5CC(=O)N5C)CC4)nc32)C(O)[C@H]1O. The predicted octanol–water partition coefficient (Wildman–Crippen LogP) is -0.477. The number of aryl methyl sites for hydroxylation is 1. The third kappa shape index (κ3) is 5.40. The van der Waals surface area contributed by atoms with E-state index < -0.39 is 36.7 Å². The fourth-order valence-corrected chi connectivity index (χ4v) is 5.41. The number of fused-ring (bicyclic) bond motifs is 1. The average Bonchev–Trinajstić information content (AvgIpc) is 3.49. The third-order valence-corrected chi connectivity index (χ3v) is 7.91. The molecule has 5 heterocycles. The molecule has 15 heteroatoms. The molecule has 2 unspecified atom stereocenters. The monoisotopic (exact) mass is 560 g/mol. The summed E-state index contributed by atoms with van der Waals surface area (Å²) in [4.78, 5) is 52.4. The van der Waals surface area contributed by atoms with E-state index in [1.807, 2.05) is 0 Å². The molecule has 5 atom stereocenters. The lowest BCUT2D eigenvalue weighted by atomic mass is 9.91. The Morgan fingerprint density at radius 1 is 1.23 bits per heavy atom. The van der Waals surface area contributed by atoms with Crippen molar-refractivity contribution in [2.24, 2.45) is 5.92 Å². The van der Waals surface area contributed by atoms with Gasteiger partial charge in [0.05, 0.1) is 12.7 Å².